The number of aliphatic imine (C=N–C) groups is 2. The average molecular weight is 650 g/mol. The molecular formula is C39H57ClFN5. The molecule has 5 nitrogen and oxygen atoms in total. The van der Waals surface area contributed by atoms with Crippen LogP contribution in [0.4, 0.5) is 10.1 Å². The van der Waals surface area contributed by atoms with Crippen molar-refractivity contribution in [2.75, 3.05) is 20.1 Å². The normalized spacial score (nSPS) is 17.8. The molecule has 7 heteroatoms. The summed E-state index contributed by atoms with van der Waals surface area (Å²) in [6, 6.07) is 13.1. The highest BCUT2D eigenvalue weighted by Gasteiger charge is 2.29. The minimum Gasteiger partial charge on any atom is -0.306 e. The lowest BCUT2D eigenvalue weighted by Gasteiger charge is -2.38. The minimum absolute atomic E-state index is 0.299. The largest absolute Gasteiger partial charge is 0.306 e. The maximum atomic E-state index is 13.9. The molecule has 0 amide bonds. The number of hydrogen-bond acceptors (Lipinski definition) is 3. The molecule has 0 spiro atoms. The van der Waals surface area contributed by atoms with E-state index in [0.29, 0.717) is 28.5 Å². The minimum atomic E-state index is -0.430. The summed E-state index contributed by atoms with van der Waals surface area (Å²) in [7, 11) is 2.21. The number of nitrogens with zero attached hydrogens (tertiary/aromatic N) is 4. The van der Waals surface area contributed by atoms with Gasteiger partial charge in [-0.3, -0.25) is 10.4 Å². The second-order valence-electron chi connectivity index (χ2n) is 12.8. The highest BCUT2D eigenvalue weighted by molar-refractivity contribution is 6.30. The smallest absolute Gasteiger partial charge is 0.242 e. The third kappa shape index (κ3) is 11.4. The molecule has 1 heterocycles. The van der Waals surface area contributed by atoms with Crippen LogP contribution in [0, 0.1) is 17.7 Å². The van der Waals surface area contributed by atoms with Gasteiger partial charge in [-0.25, -0.2) is 14.4 Å². The molecule has 1 N–H and O–H groups in total. The van der Waals surface area contributed by atoms with Crippen molar-refractivity contribution in [2.45, 2.75) is 105 Å². The molecule has 2 aliphatic rings. The molecule has 46 heavy (non-hydrogen) atoms. The molecule has 0 radical (unpaired) electrons. The van der Waals surface area contributed by atoms with Crippen LogP contribution in [0.5, 0.6) is 0 Å². The van der Waals surface area contributed by atoms with Crippen molar-refractivity contribution in [3.63, 3.8) is 0 Å². The van der Waals surface area contributed by atoms with Crippen LogP contribution in [-0.4, -0.2) is 42.2 Å². The Morgan fingerprint density at radius 2 is 1.76 bits per heavy atom. The zero-order valence-corrected chi connectivity index (χ0v) is 30.0. The lowest BCUT2D eigenvalue weighted by atomic mass is 9.86. The summed E-state index contributed by atoms with van der Waals surface area (Å²) in [6.07, 6.45) is 15.2. The first-order valence-corrected chi connectivity index (χ1v) is 17.9. The number of halogens is 2. The number of benzene rings is 2. The Morgan fingerprint density at radius 3 is 2.37 bits per heavy atom. The Labute approximate surface area is 283 Å². The number of rotatable bonds is 13. The summed E-state index contributed by atoms with van der Waals surface area (Å²) in [6.45, 7) is 18.2. The Hall–Kier alpha value is -2.96. The first kappa shape index (κ1) is 37.5. The maximum absolute atomic E-state index is 13.9. The van der Waals surface area contributed by atoms with Crippen LogP contribution in [-0.2, 0) is 6.42 Å². The van der Waals surface area contributed by atoms with Crippen LogP contribution in [0.1, 0.15) is 110 Å². The van der Waals surface area contributed by atoms with Crippen LogP contribution in [0.3, 0.4) is 0 Å². The Morgan fingerprint density at radius 1 is 1.04 bits per heavy atom. The highest BCUT2D eigenvalue weighted by Crippen LogP contribution is 2.36. The van der Waals surface area contributed by atoms with Gasteiger partial charge in [0.25, 0.3) is 0 Å². The van der Waals surface area contributed by atoms with E-state index in [1.165, 1.54) is 86.9 Å². The Bertz CT molecular complexity index is 1310. The van der Waals surface area contributed by atoms with Crippen LogP contribution in [0.15, 0.2) is 70.4 Å². The number of aryl methyl sites for hydroxylation is 1. The van der Waals surface area contributed by atoms with Crippen LogP contribution in [0.25, 0.3) is 5.57 Å². The Balaban J connectivity index is 0.000000498. The van der Waals surface area contributed by atoms with E-state index in [9.17, 15) is 4.39 Å². The van der Waals surface area contributed by atoms with E-state index in [-0.39, 0.29) is 0 Å². The van der Waals surface area contributed by atoms with E-state index >= 15 is 0 Å². The molecule has 4 rings (SSSR count). The van der Waals surface area contributed by atoms with Gasteiger partial charge >= 0.3 is 0 Å². The van der Waals surface area contributed by atoms with Crippen molar-refractivity contribution in [3.8, 4) is 0 Å². The molecule has 0 aromatic heterocycles. The third-order valence-electron chi connectivity index (χ3n) is 9.01. The molecule has 1 aliphatic heterocycles. The molecule has 1 fully saturated rings. The summed E-state index contributed by atoms with van der Waals surface area (Å²) in [5.74, 6) is 0.642. The van der Waals surface area contributed by atoms with Gasteiger partial charge in [0.05, 0.1) is 17.6 Å². The van der Waals surface area contributed by atoms with Crippen molar-refractivity contribution < 1.29 is 4.39 Å². The van der Waals surface area contributed by atoms with E-state index in [2.05, 4.69) is 97.8 Å². The number of nitrogens with one attached hydrogen (secondary N) is 1. The molecule has 0 saturated heterocycles. The second-order valence-corrected chi connectivity index (χ2v) is 13.2. The third-order valence-corrected chi connectivity index (χ3v) is 9.23. The molecule has 1 saturated carbocycles. The van der Waals surface area contributed by atoms with Crippen molar-refractivity contribution in [1.29, 1.82) is 0 Å². The summed E-state index contributed by atoms with van der Waals surface area (Å²) in [5, 5.41) is 2.37. The van der Waals surface area contributed by atoms with Crippen LogP contribution < -0.4 is 5.43 Å². The van der Waals surface area contributed by atoms with Gasteiger partial charge in [0.2, 0.25) is 5.96 Å². The molecular weight excluding hydrogens is 593 g/mol. The summed E-state index contributed by atoms with van der Waals surface area (Å²) >= 11 is 6.05. The quantitative estimate of drug-likeness (QED) is 0.220. The van der Waals surface area contributed by atoms with Gasteiger partial charge < -0.3 is 4.90 Å². The first-order valence-electron chi connectivity index (χ1n) is 17.6. The van der Waals surface area contributed by atoms with Gasteiger partial charge in [-0.05, 0) is 99.5 Å². The molecule has 1 unspecified atom stereocenters. The monoisotopic (exact) mass is 649 g/mol. The zero-order chi connectivity index (χ0) is 33.5. The average Bonchev–Trinajstić information content (AvgIpc) is 3.06. The lowest BCUT2D eigenvalue weighted by Crippen LogP contribution is -2.46. The van der Waals surface area contributed by atoms with E-state index in [1.807, 2.05) is 6.21 Å². The highest BCUT2D eigenvalue weighted by atomic mass is 35.5. The number of unbranched alkanes of at least 4 members (excludes halogenated alkanes) is 2. The second kappa shape index (κ2) is 19.6. The molecule has 2 aromatic carbocycles. The van der Waals surface area contributed by atoms with Gasteiger partial charge in [-0.2, -0.15) is 0 Å². The summed E-state index contributed by atoms with van der Waals surface area (Å²) < 4.78 is 13.9. The molecule has 1 aliphatic carbocycles. The summed E-state index contributed by atoms with van der Waals surface area (Å²) in [5.41, 5.74) is 9.54. The number of hydrogen-bond donors (Lipinski definition) is 1. The SMILES string of the molecule is C=C(C1CCCCC1)N1NC(=Nc2cc(F)cc(Cl)c2)N=C/C1=C(\c1ccc(CC)cc1)C(C)CC.CCCCCN(C)CCC. The van der Waals surface area contributed by atoms with Gasteiger partial charge in [0.1, 0.15) is 5.82 Å². The predicted octanol–water partition coefficient (Wildman–Crippen LogP) is 11.0. The van der Waals surface area contributed by atoms with E-state index in [0.717, 1.165) is 37.1 Å². The van der Waals surface area contributed by atoms with Crippen molar-refractivity contribution in [2.24, 2.45) is 21.8 Å². The van der Waals surface area contributed by atoms with Gasteiger partial charge in [-0.1, -0.05) is 109 Å². The Kier molecular flexibility index (Phi) is 16.0. The maximum Gasteiger partial charge on any atom is 0.242 e. The predicted molar refractivity (Wildman–Crippen MR) is 197 cm³/mol. The van der Waals surface area contributed by atoms with Gasteiger partial charge in [-0.15, -0.1) is 0 Å². The van der Waals surface area contributed by atoms with Gasteiger partial charge in [0.15, 0.2) is 0 Å². The van der Waals surface area contributed by atoms with E-state index < -0.39 is 5.82 Å². The number of guanidine groups is 1. The molecule has 0 bridgehead atoms. The lowest BCUT2D eigenvalue weighted by molar-refractivity contribution is 0.292. The van der Waals surface area contributed by atoms with E-state index in [4.69, 9.17) is 11.6 Å². The molecule has 252 valence electrons. The topological polar surface area (TPSA) is 43.2 Å². The number of hydrazine groups is 1. The van der Waals surface area contributed by atoms with Crippen molar-refractivity contribution >= 4 is 35.0 Å². The van der Waals surface area contributed by atoms with Crippen molar-refractivity contribution in [3.05, 3.63) is 82.4 Å². The fraction of sp³-hybridized carbons (Fsp3) is 0.538. The van der Waals surface area contributed by atoms with Crippen LogP contribution >= 0.6 is 11.6 Å². The summed E-state index contributed by atoms with van der Waals surface area (Å²) in [4.78, 5) is 11.6. The zero-order valence-electron chi connectivity index (χ0n) is 29.2. The fourth-order valence-corrected chi connectivity index (χ4v) is 6.33. The fourth-order valence-electron chi connectivity index (χ4n) is 6.12. The van der Waals surface area contributed by atoms with E-state index in [1.54, 1.807) is 6.07 Å². The molecule has 1 atom stereocenters. The first-order chi connectivity index (χ1) is 22.2. The van der Waals surface area contributed by atoms with Crippen molar-refractivity contribution in [1.82, 2.24) is 15.3 Å². The van der Waals surface area contributed by atoms with Gasteiger partial charge in [0, 0.05) is 16.6 Å². The van der Waals surface area contributed by atoms with Crippen LogP contribution in [0.2, 0.25) is 5.02 Å². The molecule has 2 aromatic rings. The number of allylic oxidation sites excluding steroid dienone is 3. The standard InChI is InChI=1S/C30H36ClFN4.C9H21N/c1-5-20(3)29(24-14-12-22(6-2)13-15-24)28-19-33-30(34-27-17-25(31)16-26(32)18-27)35-36(28)21(4)23-10-8-7-9-11-23;1-4-6-7-9-10(3)8-5-2/h12-20,23H,4-11H2,1-3H3,(H,34,35);4-9H2,1-3H3/b29-28+;.